The first-order valence-electron chi connectivity index (χ1n) is 16.7. The third-order valence-corrected chi connectivity index (χ3v) is 8.90. The molecule has 0 spiro atoms. The van der Waals surface area contributed by atoms with Crippen LogP contribution in [0.3, 0.4) is 0 Å². The van der Waals surface area contributed by atoms with Crippen molar-refractivity contribution in [2.45, 2.75) is 71.1 Å². The van der Waals surface area contributed by atoms with Crippen molar-refractivity contribution in [2.75, 3.05) is 46.1 Å². The molecule has 2 N–H and O–H groups in total. The van der Waals surface area contributed by atoms with E-state index < -0.39 is 6.16 Å². The number of nitrogen functional groups attached to an aromatic ring is 1. The van der Waals surface area contributed by atoms with Gasteiger partial charge in [-0.2, -0.15) is 0 Å². The maximum Gasteiger partial charge on any atom is 0.508 e. The highest BCUT2D eigenvalue weighted by atomic mass is 16.7. The summed E-state index contributed by atoms with van der Waals surface area (Å²) in [6, 6.07) is 15.7. The number of piperidine rings is 1. The van der Waals surface area contributed by atoms with Crippen molar-refractivity contribution >= 4 is 45.8 Å². The zero-order valence-corrected chi connectivity index (χ0v) is 28.2. The first-order valence-corrected chi connectivity index (χ1v) is 16.7. The molecule has 0 radical (unpaired) electrons. The number of fused-ring (bicyclic) bond motifs is 3. The van der Waals surface area contributed by atoms with Crippen LogP contribution >= 0.6 is 0 Å². The van der Waals surface area contributed by atoms with Crippen molar-refractivity contribution in [2.24, 2.45) is 0 Å². The number of nitrogens with zero attached hydrogens (tertiary/aromatic N) is 5. The number of pyridine rings is 1. The number of anilines is 1. The Hall–Kier alpha value is -4.71. The van der Waals surface area contributed by atoms with E-state index >= 15 is 0 Å². The van der Waals surface area contributed by atoms with E-state index in [-0.39, 0.29) is 30.9 Å². The number of carbonyl (C=O) groups is 3. The van der Waals surface area contributed by atoms with Crippen molar-refractivity contribution < 1.29 is 28.6 Å². The lowest BCUT2D eigenvalue weighted by molar-refractivity contribution is -0.139. The quantitative estimate of drug-likeness (QED) is 0.186. The molecule has 0 aliphatic carbocycles. The van der Waals surface area contributed by atoms with Crippen LogP contribution in [0.25, 0.3) is 21.9 Å². The third-order valence-electron chi connectivity index (χ3n) is 8.90. The summed E-state index contributed by atoms with van der Waals surface area (Å²) < 4.78 is 17.0. The predicted molar refractivity (Wildman–Crippen MR) is 183 cm³/mol. The van der Waals surface area contributed by atoms with Crippen LogP contribution < -0.4 is 5.73 Å². The highest BCUT2D eigenvalue weighted by molar-refractivity contribution is 6.06. The molecule has 1 aliphatic rings. The summed E-state index contributed by atoms with van der Waals surface area (Å²) in [5.74, 6) is 1.14. The van der Waals surface area contributed by atoms with Crippen molar-refractivity contribution in [3.63, 3.8) is 0 Å². The second-order valence-corrected chi connectivity index (χ2v) is 12.3. The Morgan fingerprint density at radius 2 is 1.69 bits per heavy atom. The van der Waals surface area contributed by atoms with E-state index in [2.05, 4.69) is 32.2 Å². The molecule has 1 saturated heterocycles. The molecule has 0 atom stereocenters. The standard InChI is InChI=1S/C36H46N6O6/c1-4-5-11-30-39-33-34(28-9-6-7-10-29(28)38-35(33)37)42(30)19-8-18-41(23-26-14-12-25(13-15-26)22-32(44)46-2)31(43)24-40-20-16-27(17-21-40)48-36(45)47-3/h6-7,9-10,12-15,27H,4-5,8,11,16-24H2,1-3H3,(H2,37,38). The predicted octanol–water partition coefficient (Wildman–Crippen LogP) is 4.89. The largest absolute Gasteiger partial charge is 0.508 e. The van der Waals surface area contributed by atoms with Crippen LogP contribution in [0.4, 0.5) is 10.6 Å². The molecule has 1 amide bonds. The smallest absolute Gasteiger partial charge is 0.469 e. The first-order chi connectivity index (χ1) is 23.3. The second kappa shape index (κ2) is 16.4. The normalized spacial score (nSPS) is 13.9. The summed E-state index contributed by atoms with van der Waals surface area (Å²) in [7, 11) is 2.68. The van der Waals surface area contributed by atoms with Gasteiger partial charge in [0.2, 0.25) is 5.91 Å². The van der Waals surface area contributed by atoms with E-state index in [9.17, 15) is 14.4 Å². The van der Waals surface area contributed by atoms with Crippen molar-refractivity contribution in [3.8, 4) is 0 Å². The molecule has 0 saturated carbocycles. The molecule has 12 heteroatoms. The number of esters is 1. The summed E-state index contributed by atoms with van der Waals surface area (Å²) in [6.07, 6.45) is 4.19. The van der Waals surface area contributed by atoms with Crippen LogP contribution in [-0.2, 0) is 49.7 Å². The zero-order valence-electron chi connectivity index (χ0n) is 28.2. The number of nitrogens with two attached hydrogens (primary N) is 1. The number of unbranched alkanes of at least 4 members (excludes halogenated alkanes) is 1. The van der Waals surface area contributed by atoms with E-state index in [1.165, 1.54) is 14.2 Å². The monoisotopic (exact) mass is 658 g/mol. The van der Waals surface area contributed by atoms with E-state index in [1.807, 2.05) is 47.4 Å². The fourth-order valence-corrected chi connectivity index (χ4v) is 6.27. The summed E-state index contributed by atoms with van der Waals surface area (Å²) in [6.45, 7) is 5.37. The Kier molecular flexibility index (Phi) is 11.8. The minimum Gasteiger partial charge on any atom is -0.469 e. The Morgan fingerprint density at radius 3 is 2.40 bits per heavy atom. The van der Waals surface area contributed by atoms with Gasteiger partial charge in [0, 0.05) is 44.5 Å². The molecule has 3 heterocycles. The molecule has 0 unspecified atom stereocenters. The van der Waals surface area contributed by atoms with Crippen LogP contribution in [0.2, 0.25) is 0 Å². The molecule has 1 aliphatic heterocycles. The van der Waals surface area contributed by atoms with Gasteiger partial charge in [0.15, 0.2) is 5.82 Å². The van der Waals surface area contributed by atoms with Gasteiger partial charge in [-0.05, 0) is 42.9 Å². The Labute approximate surface area is 281 Å². The van der Waals surface area contributed by atoms with Gasteiger partial charge >= 0.3 is 12.1 Å². The molecule has 0 bridgehead atoms. The van der Waals surface area contributed by atoms with Gasteiger partial charge in [0.05, 0.1) is 38.2 Å². The van der Waals surface area contributed by atoms with Gasteiger partial charge in [-0.25, -0.2) is 14.8 Å². The summed E-state index contributed by atoms with van der Waals surface area (Å²) in [4.78, 5) is 50.8. The summed E-state index contributed by atoms with van der Waals surface area (Å²) >= 11 is 0. The van der Waals surface area contributed by atoms with E-state index in [0.29, 0.717) is 57.8 Å². The number of hydrogen-bond donors (Lipinski definition) is 1. The number of ether oxygens (including phenoxy) is 3. The SMILES string of the molecule is CCCCc1nc2c(N)nc3ccccc3c2n1CCCN(Cc1ccc(CC(=O)OC)cc1)C(=O)CN1CCC(OC(=O)OC)CC1. The average molecular weight is 659 g/mol. The number of aryl methyl sites for hydroxylation is 2. The number of rotatable bonds is 14. The molecule has 4 aromatic rings. The van der Waals surface area contributed by atoms with E-state index in [0.717, 1.165) is 58.2 Å². The van der Waals surface area contributed by atoms with Crippen molar-refractivity contribution in [3.05, 3.63) is 65.5 Å². The van der Waals surface area contributed by atoms with Crippen LogP contribution in [0.15, 0.2) is 48.5 Å². The van der Waals surface area contributed by atoms with E-state index in [4.69, 9.17) is 20.2 Å². The molecule has 1 fully saturated rings. The van der Waals surface area contributed by atoms with Crippen molar-refractivity contribution in [1.82, 2.24) is 24.3 Å². The third kappa shape index (κ3) is 8.60. The molecule has 5 rings (SSSR count). The summed E-state index contributed by atoms with van der Waals surface area (Å²) in [5.41, 5.74) is 10.8. The number of benzene rings is 2. The molecule has 256 valence electrons. The highest BCUT2D eigenvalue weighted by Gasteiger charge is 2.26. The Balaban J connectivity index is 1.33. The molecular formula is C36H46N6O6. The minimum absolute atomic E-state index is 0.0292. The van der Waals surface area contributed by atoms with Crippen LogP contribution in [0.1, 0.15) is 56.0 Å². The maximum absolute atomic E-state index is 13.9. The number of hydrogen-bond acceptors (Lipinski definition) is 10. The first kappa shape index (κ1) is 34.6. The number of amides is 1. The number of imidazole rings is 1. The lowest BCUT2D eigenvalue weighted by atomic mass is 10.1. The van der Waals surface area contributed by atoms with E-state index in [1.54, 1.807) is 0 Å². The average Bonchev–Trinajstić information content (AvgIpc) is 3.47. The van der Waals surface area contributed by atoms with Crippen molar-refractivity contribution in [1.29, 1.82) is 0 Å². The lowest BCUT2D eigenvalue weighted by Gasteiger charge is -2.32. The molecule has 48 heavy (non-hydrogen) atoms. The van der Waals surface area contributed by atoms with Gasteiger partial charge in [-0.15, -0.1) is 0 Å². The van der Waals surface area contributed by atoms with Crippen LogP contribution in [0.5, 0.6) is 0 Å². The van der Waals surface area contributed by atoms with Gasteiger partial charge < -0.3 is 29.4 Å². The summed E-state index contributed by atoms with van der Waals surface area (Å²) in [5, 5.41) is 1.01. The molecule has 2 aromatic heterocycles. The number of carbonyl (C=O) groups excluding carboxylic acids is 3. The number of likely N-dealkylation sites (tertiary alicyclic amines) is 1. The number of para-hydroxylation sites is 1. The molecule has 2 aromatic carbocycles. The Morgan fingerprint density at radius 1 is 0.958 bits per heavy atom. The number of methoxy groups -OCH3 is 2. The minimum atomic E-state index is -0.677. The Bertz CT molecular complexity index is 1710. The van der Waals surface area contributed by atoms with Gasteiger partial charge in [0.1, 0.15) is 17.4 Å². The molecule has 12 nitrogen and oxygen atoms in total. The van der Waals surface area contributed by atoms with Gasteiger partial charge in [-0.1, -0.05) is 55.8 Å². The fourth-order valence-electron chi connectivity index (χ4n) is 6.27. The second-order valence-electron chi connectivity index (χ2n) is 12.3. The number of aromatic nitrogens is 3. The lowest BCUT2D eigenvalue weighted by Crippen LogP contribution is -2.45. The molecular weight excluding hydrogens is 612 g/mol. The zero-order chi connectivity index (χ0) is 34.0. The van der Waals surface area contributed by atoms with Gasteiger partial charge in [0.25, 0.3) is 0 Å². The van der Waals surface area contributed by atoms with Crippen LogP contribution in [-0.4, -0.2) is 88.9 Å². The fraction of sp³-hybridized carbons (Fsp3) is 0.472. The van der Waals surface area contributed by atoms with Gasteiger partial charge in [-0.3, -0.25) is 14.5 Å². The maximum atomic E-state index is 13.9. The highest BCUT2D eigenvalue weighted by Crippen LogP contribution is 2.29. The van der Waals surface area contributed by atoms with Crippen LogP contribution in [0, 0.1) is 0 Å². The topological polar surface area (TPSA) is 142 Å².